The number of benzene rings is 3. The van der Waals surface area contributed by atoms with Gasteiger partial charge < -0.3 is 0 Å². The lowest BCUT2D eigenvalue weighted by Crippen LogP contribution is -2.23. The number of Topliss-reactive ketones (excluding diaryl/α,β-unsaturated/α-hetero) is 1. The van der Waals surface area contributed by atoms with Crippen LogP contribution in [0.1, 0.15) is 26.7 Å². The van der Waals surface area contributed by atoms with Gasteiger partial charge in [-0.2, -0.15) is 0 Å². The first kappa shape index (κ1) is 19.6. The van der Waals surface area contributed by atoms with E-state index in [9.17, 15) is 13.2 Å². The van der Waals surface area contributed by atoms with Crippen molar-refractivity contribution in [2.45, 2.75) is 17.1 Å². The highest BCUT2D eigenvalue weighted by Crippen LogP contribution is 2.33. The standard InChI is InChI=1S/C21H16Cl2O3S/c1-14-2-12-19(13-3-14)27(25,26)21(16-6-10-18(23)11-7-16)20(24)15-4-8-17(22)9-5-15/h2-13,21H,1H3. The molecule has 0 aliphatic heterocycles. The number of rotatable bonds is 5. The number of aryl methyl sites for hydroxylation is 1. The van der Waals surface area contributed by atoms with Crippen molar-refractivity contribution < 1.29 is 13.2 Å². The lowest BCUT2D eigenvalue weighted by atomic mass is 10.0. The van der Waals surface area contributed by atoms with Crippen molar-refractivity contribution in [2.24, 2.45) is 0 Å². The predicted molar refractivity (Wildman–Crippen MR) is 108 cm³/mol. The predicted octanol–water partition coefficient (Wildman–Crippen LogP) is 5.70. The van der Waals surface area contributed by atoms with Crippen LogP contribution in [0.25, 0.3) is 0 Å². The SMILES string of the molecule is Cc1ccc(S(=O)(=O)C(C(=O)c2ccc(Cl)cc2)c2ccc(Cl)cc2)cc1. The van der Waals surface area contributed by atoms with E-state index in [4.69, 9.17) is 23.2 Å². The zero-order valence-corrected chi connectivity index (χ0v) is 16.7. The summed E-state index contributed by atoms with van der Waals surface area (Å²) in [6.45, 7) is 1.87. The van der Waals surface area contributed by atoms with Gasteiger partial charge in [0.15, 0.2) is 20.9 Å². The third-order valence-corrected chi connectivity index (χ3v) is 6.74. The number of halogens is 2. The van der Waals surface area contributed by atoms with E-state index in [0.717, 1.165) is 5.56 Å². The largest absolute Gasteiger partial charge is 0.292 e. The Morgan fingerprint density at radius 1 is 0.778 bits per heavy atom. The number of carbonyl (C=O) groups is 1. The van der Waals surface area contributed by atoms with Gasteiger partial charge in [0.25, 0.3) is 0 Å². The van der Waals surface area contributed by atoms with E-state index in [1.54, 1.807) is 48.5 Å². The number of hydrogen-bond donors (Lipinski definition) is 0. The average Bonchev–Trinajstić information content (AvgIpc) is 2.64. The van der Waals surface area contributed by atoms with E-state index in [2.05, 4.69) is 0 Å². The molecule has 0 saturated carbocycles. The van der Waals surface area contributed by atoms with Crippen LogP contribution in [0.2, 0.25) is 10.0 Å². The van der Waals surface area contributed by atoms with Crippen molar-refractivity contribution in [2.75, 3.05) is 0 Å². The lowest BCUT2D eigenvalue weighted by Gasteiger charge is -2.18. The molecule has 0 aliphatic rings. The molecule has 1 unspecified atom stereocenters. The summed E-state index contributed by atoms with van der Waals surface area (Å²) < 4.78 is 26.7. The van der Waals surface area contributed by atoms with Crippen LogP contribution >= 0.6 is 23.2 Å². The Morgan fingerprint density at radius 2 is 1.26 bits per heavy atom. The molecular formula is C21H16Cl2O3S. The molecule has 3 nitrogen and oxygen atoms in total. The second-order valence-corrected chi connectivity index (χ2v) is 9.07. The number of hydrogen-bond acceptors (Lipinski definition) is 3. The molecule has 0 spiro atoms. The Hall–Kier alpha value is -2.14. The molecule has 3 aromatic rings. The van der Waals surface area contributed by atoms with Crippen LogP contribution in [0.5, 0.6) is 0 Å². The maximum absolute atomic E-state index is 13.3. The molecule has 3 rings (SSSR count). The zero-order valence-electron chi connectivity index (χ0n) is 14.4. The molecule has 0 aromatic heterocycles. The fourth-order valence-corrected chi connectivity index (χ4v) is 4.71. The Bertz CT molecular complexity index is 1060. The molecule has 1 atom stereocenters. The molecule has 3 aromatic carbocycles. The minimum absolute atomic E-state index is 0.0929. The minimum atomic E-state index is -3.97. The molecule has 0 heterocycles. The summed E-state index contributed by atoms with van der Waals surface area (Å²) in [4.78, 5) is 13.3. The van der Waals surface area contributed by atoms with Crippen molar-refractivity contribution >= 4 is 38.8 Å². The average molecular weight is 419 g/mol. The van der Waals surface area contributed by atoms with Crippen LogP contribution in [-0.4, -0.2) is 14.2 Å². The molecular weight excluding hydrogens is 403 g/mol. The van der Waals surface area contributed by atoms with Gasteiger partial charge in [-0.25, -0.2) is 8.42 Å². The zero-order chi connectivity index (χ0) is 19.6. The van der Waals surface area contributed by atoms with E-state index in [-0.39, 0.29) is 10.5 Å². The minimum Gasteiger partial charge on any atom is -0.292 e. The first-order chi connectivity index (χ1) is 12.8. The summed E-state index contributed by atoms with van der Waals surface area (Å²) in [7, 11) is -3.97. The van der Waals surface area contributed by atoms with Crippen LogP contribution in [0, 0.1) is 6.92 Å². The van der Waals surface area contributed by atoms with Crippen molar-refractivity contribution in [1.29, 1.82) is 0 Å². The van der Waals surface area contributed by atoms with Gasteiger partial charge in [0.1, 0.15) is 0 Å². The maximum Gasteiger partial charge on any atom is 0.192 e. The summed E-state index contributed by atoms with van der Waals surface area (Å²) in [5, 5.41) is -0.446. The Labute approximate surface area is 168 Å². The van der Waals surface area contributed by atoms with Gasteiger partial charge in [-0.15, -0.1) is 0 Å². The van der Waals surface area contributed by atoms with E-state index in [0.29, 0.717) is 15.6 Å². The van der Waals surface area contributed by atoms with Crippen LogP contribution in [0.3, 0.4) is 0 Å². The Morgan fingerprint density at radius 3 is 1.78 bits per heavy atom. The van der Waals surface area contributed by atoms with Gasteiger partial charge in [-0.1, -0.05) is 53.0 Å². The van der Waals surface area contributed by atoms with Crippen molar-refractivity contribution in [3.63, 3.8) is 0 Å². The second kappa shape index (κ2) is 7.85. The molecule has 0 aliphatic carbocycles. The van der Waals surface area contributed by atoms with Crippen LogP contribution in [0.15, 0.2) is 77.7 Å². The molecule has 0 fully saturated rings. The van der Waals surface area contributed by atoms with E-state index < -0.39 is 20.9 Å². The Kier molecular flexibility index (Phi) is 5.70. The fraction of sp³-hybridized carbons (Fsp3) is 0.0952. The maximum atomic E-state index is 13.3. The molecule has 0 amide bonds. The number of sulfone groups is 1. The van der Waals surface area contributed by atoms with E-state index in [1.165, 1.54) is 24.3 Å². The highest BCUT2D eigenvalue weighted by Gasteiger charge is 2.36. The van der Waals surface area contributed by atoms with Crippen molar-refractivity contribution in [3.8, 4) is 0 Å². The molecule has 0 bridgehead atoms. The Balaban J connectivity index is 2.15. The molecule has 138 valence electrons. The summed E-state index contributed by atoms with van der Waals surface area (Å²) in [5.74, 6) is -0.519. The van der Waals surface area contributed by atoms with Crippen LogP contribution in [-0.2, 0) is 9.84 Å². The van der Waals surface area contributed by atoms with Crippen molar-refractivity contribution in [1.82, 2.24) is 0 Å². The van der Waals surface area contributed by atoms with E-state index in [1.807, 2.05) is 6.92 Å². The number of ketones is 1. The summed E-state index contributed by atoms with van der Waals surface area (Å²) in [6.07, 6.45) is 0. The lowest BCUT2D eigenvalue weighted by molar-refractivity contribution is 0.0986. The first-order valence-electron chi connectivity index (χ1n) is 8.15. The fourth-order valence-electron chi connectivity index (χ4n) is 2.74. The molecule has 0 N–H and O–H groups in total. The van der Waals surface area contributed by atoms with Gasteiger partial charge in [0.05, 0.1) is 4.90 Å². The monoisotopic (exact) mass is 418 g/mol. The smallest absolute Gasteiger partial charge is 0.192 e. The summed E-state index contributed by atoms with van der Waals surface area (Å²) in [6, 6.07) is 18.9. The van der Waals surface area contributed by atoms with Crippen molar-refractivity contribution in [3.05, 3.63) is 99.5 Å². The molecule has 27 heavy (non-hydrogen) atoms. The normalized spacial score (nSPS) is 12.6. The first-order valence-corrected chi connectivity index (χ1v) is 10.4. The van der Waals surface area contributed by atoms with E-state index >= 15 is 0 Å². The highest BCUT2D eigenvalue weighted by molar-refractivity contribution is 7.92. The second-order valence-electron chi connectivity index (χ2n) is 6.16. The summed E-state index contributed by atoms with van der Waals surface area (Å²) in [5.41, 5.74) is 1.57. The third-order valence-electron chi connectivity index (χ3n) is 4.20. The van der Waals surface area contributed by atoms with Gasteiger partial charge in [0.2, 0.25) is 0 Å². The topological polar surface area (TPSA) is 51.2 Å². The number of carbonyl (C=O) groups excluding carboxylic acids is 1. The van der Waals surface area contributed by atoms with Gasteiger partial charge in [0, 0.05) is 15.6 Å². The third kappa shape index (κ3) is 4.24. The van der Waals surface area contributed by atoms with Gasteiger partial charge in [-0.05, 0) is 61.0 Å². The van der Waals surface area contributed by atoms with Gasteiger partial charge in [-0.3, -0.25) is 4.79 Å². The molecule has 0 radical (unpaired) electrons. The summed E-state index contributed by atoms with van der Waals surface area (Å²) >= 11 is 11.8. The van der Waals surface area contributed by atoms with Crippen LogP contribution < -0.4 is 0 Å². The molecule has 6 heteroatoms. The molecule has 0 saturated heterocycles. The van der Waals surface area contributed by atoms with Gasteiger partial charge >= 0.3 is 0 Å². The van der Waals surface area contributed by atoms with Crippen LogP contribution in [0.4, 0.5) is 0 Å². The quantitative estimate of drug-likeness (QED) is 0.499. The highest BCUT2D eigenvalue weighted by atomic mass is 35.5.